The third-order valence-electron chi connectivity index (χ3n) is 3.18. The molecule has 0 unspecified atom stereocenters. The second kappa shape index (κ2) is 7.71. The SMILES string of the molecule is C[C@@H](Oc1ccc(C=O)cc1[N+](=O)[O-])C(=O)Nc1ccc(F)cc1Cl. The molecule has 0 spiro atoms. The highest BCUT2D eigenvalue weighted by Crippen LogP contribution is 2.29. The van der Waals surface area contributed by atoms with Crippen molar-refractivity contribution >= 4 is 35.2 Å². The van der Waals surface area contributed by atoms with E-state index in [1.807, 2.05) is 0 Å². The Kier molecular flexibility index (Phi) is 5.66. The fraction of sp³-hybridized carbons (Fsp3) is 0.125. The highest BCUT2D eigenvalue weighted by atomic mass is 35.5. The molecular formula is C16H12ClFN2O5. The molecule has 130 valence electrons. The Labute approximate surface area is 146 Å². The van der Waals surface area contributed by atoms with Crippen LogP contribution in [0.15, 0.2) is 36.4 Å². The van der Waals surface area contributed by atoms with Crippen molar-refractivity contribution in [3.05, 3.63) is 62.9 Å². The maximum atomic E-state index is 13.0. The van der Waals surface area contributed by atoms with Crippen molar-refractivity contribution in [2.24, 2.45) is 0 Å². The van der Waals surface area contributed by atoms with Gasteiger partial charge in [-0.1, -0.05) is 11.6 Å². The number of carbonyl (C=O) groups is 2. The Morgan fingerprint density at radius 2 is 2.08 bits per heavy atom. The molecule has 7 nitrogen and oxygen atoms in total. The summed E-state index contributed by atoms with van der Waals surface area (Å²) in [5.41, 5.74) is -0.160. The normalized spacial score (nSPS) is 11.5. The second-order valence-corrected chi connectivity index (χ2v) is 5.38. The van der Waals surface area contributed by atoms with Crippen molar-refractivity contribution < 1.29 is 23.6 Å². The largest absolute Gasteiger partial charge is 0.474 e. The number of anilines is 1. The van der Waals surface area contributed by atoms with E-state index in [0.717, 1.165) is 18.2 Å². The summed E-state index contributed by atoms with van der Waals surface area (Å²) in [6, 6.07) is 7.04. The number of ether oxygens (including phenoxy) is 1. The molecule has 2 aromatic carbocycles. The topological polar surface area (TPSA) is 98.5 Å². The third-order valence-corrected chi connectivity index (χ3v) is 3.49. The first-order valence-corrected chi connectivity index (χ1v) is 7.36. The summed E-state index contributed by atoms with van der Waals surface area (Å²) < 4.78 is 18.3. The van der Waals surface area contributed by atoms with Crippen LogP contribution in [-0.2, 0) is 4.79 Å². The van der Waals surface area contributed by atoms with Crippen LogP contribution in [0.25, 0.3) is 0 Å². The Morgan fingerprint density at radius 1 is 1.36 bits per heavy atom. The predicted octanol–water partition coefficient (Wildman–Crippen LogP) is 3.61. The van der Waals surface area contributed by atoms with Crippen LogP contribution in [-0.4, -0.2) is 23.2 Å². The van der Waals surface area contributed by atoms with Gasteiger partial charge < -0.3 is 10.1 Å². The fourth-order valence-corrected chi connectivity index (χ4v) is 2.13. The Hall–Kier alpha value is -3.00. The monoisotopic (exact) mass is 366 g/mol. The first-order chi connectivity index (χ1) is 11.8. The van der Waals surface area contributed by atoms with Gasteiger partial charge in [0, 0.05) is 11.6 Å². The first-order valence-electron chi connectivity index (χ1n) is 6.98. The molecule has 1 atom stereocenters. The molecule has 25 heavy (non-hydrogen) atoms. The van der Waals surface area contributed by atoms with Crippen LogP contribution >= 0.6 is 11.6 Å². The van der Waals surface area contributed by atoms with Crippen LogP contribution in [0, 0.1) is 15.9 Å². The van der Waals surface area contributed by atoms with Crippen molar-refractivity contribution in [2.75, 3.05) is 5.32 Å². The molecule has 0 saturated carbocycles. The van der Waals surface area contributed by atoms with E-state index in [9.17, 15) is 24.1 Å². The van der Waals surface area contributed by atoms with Crippen molar-refractivity contribution in [1.29, 1.82) is 0 Å². The maximum Gasteiger partial charge on any atom is 0.311 e. The Bertz CT molecular complexity index is 843. The minimum atomic E-state index is -1.11. The Balaban J connectivity index is 2.16. The number of hydrogen-bond acceptors (Lipinski definition) is 5. The number of hydrogen-bond donors (Lipinski definition) is 1. The van der Waals surface area contributed by atoms with Gasteiger partial charge in [0.05, 0.1) is 15.6 Å². The molecule has 0 aliphatic rings. The lowest BCUT2D eigenvalue weighted by molar-refractivity contribution is -0.386. The molecule has 0 bridgehead atoms. The highest BCUT2D eigenvalue weighted by Gasteiger charge is 2.22. The lowest BCUT2D eigenvalue weighted by Crippen LogP contribution is -2.30. The number of nitro benzene ring substituents is 1. The van der Waals surface area contributed by atoms with Gasteiger partial charge in [0.1, 0.15) is 12.1 Å². The standard InChI is InChI=1S/C16H12ClFN2O5/c1-9(16(22)19-13-4-3-11(18)7-12(13)17)25-15-5-2-10(8-21)6-14(15)20(23)24/h2-9H,1H3,(H,19,22)/t9-/m1/s1. The summed E-state index contributed by atoms with van der Waals surface area (Å²) in [6.07, 6.45) is -0.648. The zero-order valence-corrected chi connectivity index (χ0v) is 13.6. The molecule has 0 radical (unpaired) electrons. The lowest BCUT2D eigenvalue weighted by atomic mass is 10.2. The molecule has 0 aliphatic heterocycles. The minimum Gasteiger partial charge on any atom is -0.474 e. The Morgan fingerprint density at radius 3 is 2.68 bits per heavy atom. The van der Waals surface area contributed by atoms with Gasteiger partial charge >= 0.3 is 5.69 Å². The molecule has 2 aromatic rings. The molecular weight excluding hydrogens is 355 g/mol. The van der Waals surface area contributed by atoms with Gasteiger partial charge in [-0.05, 0) is 37.3 Å². The third kappa shape index (κ3) is 4.51. The number of halogens is 2. The molecule has 0 fully saturated rings. The van der Waals surface area contributed by atoms with Gasteiger partial charge in [-0.25, -0.2) is 4.39 Å². The lowest BCUT2D eigenvalue weighted by Gasteiger charge is -2.15. The molecule has 0 saturated heterocycles. The molecule has 0 aliphatic carbocycles. The number of rotatable bonds is 6. The highest BCUT2D eigenvalue weighted by molar-refractivity contribution is 6.33. The molecule has 0 heterocycles. The van der Waals surface area contributed by atoms with Crippen LogP contribution in [0.5, 0.6) is 5.75 Å². The number of nitro groups is 1. The average Bonchev–Trinajstić information content (AvgIpc) is 2.57. The summed E-state index contributed by atoms with van der Waals surface area (Å²) >= 11 is 5.82. The average molecular weight is 367 g/mol. The molecule has 9 heteroatoms. The van der Waals surface area contributed by atoms with Crippen LogP contribution in [0.1, 0.15) is 17.3 Å². The summed E-state index contributed by atoms with van der Waals surface area (Å²) in [6.45, 7) is 1.38. The van der Waals surface area contributed by atoms with E-state index in [2.05, 4.69) is 5.32 Å². The zero-order valence-electron chi connectivity index (χ0n) is 12.9. The van der Waals surface area contributed by atoms with Crippen molar-refractivity contribution in [1.82, 2.24) is 0 Å². The molecule has 2 rings (SSSR count). The van der Waals surface area contributed by atoms with Gasteiger partial charge in [0.25, 0.3) is 5.91 Å². The molecule has 1 amide bonds. The number of nitrogens with one attached hydrogen (secondary N) is 1. The van der Waals surface area contributed by atoms with Crippen molar-refractivity contribution in [2.45, 2.75) is 13.0 Å². The van der Waals surface area contributed by atoms with Gasteiger partial charge in [-0.2, -0.15) is 0 Å². The fourth-order valence-electron chi connectivity index (χ4n) is 1.92. The molecule has 0 aromatic heterocycles. The van der Waals surface area contributed by atoms with Gasteiger partial charge in [-0.3, -0.25) is 19.7 Å². The van der Waals surface area contributed by atoms with Crippen molar-refractivity contribution in [3.63, 3.8) is 0 Å². The summed E-state index contributed by atoms with van der Waals surface area (Å²) in [5, 5.41) is 13.5. The molecule has 1 N–H and O–H groups in total. The summed E-state index contributed by atoms with van der Waals surface area (Å²) in [5.74, 6) is -1.36. The zero-order chi connectivity index (χ0) is 18.6. The van der Waals surface area contributed by atoms with Gasteiger partial charge in [0.2, 0.25) is 0 Å². The van der Waals surface area contributed by atoms with E-state index < -0.39 is 28.4 Å². The van der Waals surface area contributed by atoms with Crippen LogP contribution in [0.4, 0.5) is 15.8 Å². The van der Waals surface area contributed by atoms with Crippen molar-refractivity contribution in [3.8, 4) is 5.75 Å². The van der Waals surface area contributed by atoms with Gasteiger partial charge in [-0.15, -0.1) is 0 Å². The second-order valence-electron chi connectivity index (χ2n) is 4.98. The van der Waals surface area contributed by atoms with E-state index in [1.165, 1.54) is 25.1 Å². The number of carbonyl (C=O) groups excluding carboxylic acids is 2. The maximum absolute atomic E-state index is 13.0. The van der Waals surface area contributed by atoms with Crippen LogP contribution < -0.4 is 10.1 Å². The number of benzene rings is 2. The number of nitrogens with zero attached hydrogens (tertiary/aromatic N) is 1. The van der Waals surface area contributed by atoms with Crippen LogP contribution in [0.2, 0.25) is 5.02 Å². The summed E-state index contributed by atoms with van der Waals surface area (Å²) in [7, 11) is 0. The van der Waals surface area contributed by atoms with E-state index in [0.29, 0.717) is 6.29 Å². The quantitative estimate of drug-likeness (QED) is 0.478. The minimum absolute atomic E-state index is 0.00173. The summed E-state index contributed by atoms with van der Waals surface area (Å²) in [4.78, 5) is 33.2. The first kappa shape index (κ1) is 18.3. The van der Waals surface area contributed by atoms with E-state index in [4.69, 9.17) is 16.3 Å². The van der Waals surface area contributed by atoms with E-state index >= 15 is 0 Å². The van der Waals surface area contributed by atoms with E-state index in [1.54, 1.807) is 0 Å². The number of amides is 1. The van der Waals surface area contributed by atoms with E-state index in [-0.39, 0.29) is 22.0 Å². The smallest absolute Gasteiger partial charge is 0.311 e. The predicted molar refractivity (Wildman–Crippen MR) is 88.6 cm³/mol. The van der Waals surface area contributed by atoms with Gasteiger partial charge in [0.15, 0.2) is 11.9 Å². The number of aldehydes is 1. The van der Waals surface area contributed by atoms with Crippen LogP contribution in [0.3, 0.4) is 0 Å².